The van der Waals surface area contributed by atoms with Crippen molar-refractivity contribution in [1.29, 1.82) is 0 Å². The van der Waals surface area contributed by atoms with Gasteiger partial charge in [0.05, 0.1) is 0 Å². The highest BCUT2D eigenvalue weighted by atomic mass is 32.2. The minimum absolute atomic E-state index is 0.230. The van der Waals surface area contributed by atoms with Crippen molar-refractivity contribution in [1.82, 2.24) is 8.61 Å². The van der Waals surface area contributed by atoms with Gasteiger partial charge in [-0.2, -0.15) is 17.0 Å². The van der Waals surface area contributed by atoms with E-state index >= 15 is 0 Å². The molecule has 3 fully saturated rings. The Morgan fingerprint density at radius 2 is 1.48 bits per heavy atom. The van der Waals surface area contributed by atoms with Gasteiger partial charge in [-0.05, 0) is 44.4 Å². The topological polar surface area (TPSA) is 40.6 Å². The highest BCUT2D eigenvalue weighted by molar-refractivity contribution is 7.86. The lowest BCUT2D eigenvalue weighted by atomic mass is 9.96. The minimum atomic E-state index is -3.26. The van der Waals surface area contributed by atoms with Crippen LogP contribution >= 0.6 is 0 Å². The summed E-state index contributed by atoms with van der Waals surface area (Å²) in [6.45, 7) is 0.737. The van der Waals surface area contributed by atoms with Gasteiger partial charge in [-0.3, -0.25) is 0 Å². The van der Waals surface area contributed by atoms with Crippen molar-refractivity contribution in [3.63, 3.8) is 0 Å². The third-order valence-corrected chi connectivity index (χ3v) is 8.01. The molecule has 5 heteroatoms. The second kappa shape index (κ2) is 6.55. The van der Waals surface area contributed by atoms with Gasteiger partial charge in [0.15, 0.2) is 0 Å². The van der Waals surface area contributed by atoms with Gasteiger partial charge in [0.1, 0.15) is 0 Å². The first-order chi connectivity index (χ1) is 10.1. The van der Waals surface area contributed by atoms with Crippen molar-refractivity contribution in [3.8, 4) is 0 Å². The summed E-state index contributed by atoms with van der Waals surface area (Å²) in [4.78, 5) is 0. The third kappa shape index (κ3) is 3.15. The molecule has 1 saturated heterocycles. The van der Waals surface area contributed by atoms with E-state index in [9.17, 15) is 8.42 Å². The summed E-state index contributed by atoms with van der Waals surface area (Å²) in [5.74, 6) is 0.613. The molecular weight excluding hydrogens is 284 g/mol. The highest BCUT2D eigenvalue weighted by Crippen LogP contribution is 2.38. The maximum atomic E-state index is 13.1. The molecule has 1 atom stereocenters. The average Bonchev–Trinajstić information content (AvgIpc) is 3.17. The fourth-order valence-corrected chi connectivity index (χ4v) is 6.56. The van der Waals surface area contributed by atoms with Gasteiger partial charge in [0, 0.05) is 25.7 Å². The molecule has 0 N–H and O–H groups in total. The van der Waals surface area contributed by atoms with Crippen LogP contribution in [0, 0.1) is 5.92 Å². The molecule has 0 spiro atoms. The molecule has 4 nitrogen and oxygen atoms in total. The van der Waals surface area contributed by atoms with Crippen LogP contribution in [0.2, 0.25) is 0 Å². The van der Waals surface area contributed by atoms with Crippen LogP contribution in [0.5, 0.6) is 0 Å². The van der Waals surface area contributed by atoms with Gasteiger partial charge in [0.25, 0.3) is 10.2 Å². The Hall–Kier alpha value is -0.130. The zero-order chi connectivity index (χ0) is 14.9. The molecule has 3 rings (SSSR count). The lowest BCUT2D eigenvalue weighted by molar-refractivity contribution is 0.236. The number of rotatable bonds is 4. The first-order valence-corrected chi connectivity index (χ1v) is 10.2. The fraction of sp³-hybridized carbons (Fsp3) is 1.00. The molecule has 0 bridgehead atoms. The van der Waals surface area contributed by atoms with Crippen molar-refractivity contribution >= 4 is 10.2 Å². The molecule has 0 aromatic heterocycles. The summed E-state index contributed by atoms with van der Waals surface area (Å²) in [6, 6.07) is 0.511. The molecule has 122 valence electrons. The van der Waals surface area contributed by atoms with Crippen LogP contribution in [0.15, 0.2) is 0 Å². The van der Waals surface area contributed by atoms with Crippen LogP contribution in [0.3, 0.4) is 0 Å². The predicted molar refractivity (Wildman–Crippen MR) is 85.2 cm³/mol. The molecule has 21 heavy (non-hydrogen) atoms. The van der Waals surface area contributed by atoms with Crippen molar-refractivity contribution in [3.05, 3.63) is 0 Å². The molecule has 1 aliphatic heterocycles. The smallest absolute Gasteiger partial charge is 0.195 e. The standard InChI is InChI=1S/C16H30N2O2S/c1-17(15-10-3-2-4-11-15)21(19,20)18-13-7-12-16(18)14-8-5-6-9-14/h14-16H,2-13H2,1H3. The Labute approximate surface area is 130 Å². The summed E-state index contributed by atoms with van der Waals surface area (Å²) in [5, 5.41) is 0. The van der Waals surface area contributed by atoms with Crippen molar-refractivity contribution < 1.29 is 8.42 Å². The summed E-state index contributed by atoms with van der Waals surface area (Å²) < 4.78 is 29.7. The van der Waals surface area contributed by atoms with E-state index < -0.39 is 10.2 Å². The first kappa shape index (κ1) is 15.8. The summed E-state index contributed by atoms with van der Waals surface area (Å²) >= 11 is 0. The maximum Gasteiger partial charge on any atom is 0.282 e. The molecular formula is C16H30N2O2S. The predicted octanol–water partition coefficient (Wildman–Crippen LogP) is 3.15. The van der Waals surface area contributed by atoms with E-state index in [-0.39, 0.29) is 12.1 Å². The highest BCUT2D eigenvalue weighted by Gasteiger charge is 2.42. The monoisotopic (exact) mass is 314 g/mol. The van der Waals surface area contributed by atoms with E-state index in [1.807, 2.05) is 11.4 Å². The molecule has 1 heterocycles. The number of nitrogens with zero attached hydrogens (tertiary/aromatic N) is 2. The summed E-state index contributed by atoms with van der Waals surface area (Å²) in [5.41, 5.74) is 0. The van der Waals surface area contributed by atoms with E-state index in [0.717, 1.165) is 32.2 Å². The molecule has 0 aromatic rings. The van der Waals surface area contributed by atoms with Gasteiger partial charge < -0.3 is 0 Å². The largest absolute Gasteiger partial charge is 0.282 e. The molecule has 2 saturated carbocycles. The molecule has 1 unspecified atom stereocenters. The third-order valence-electron chi connectivity index (χ3n) is 5.94. The zero-order valence-corrected chi connectivity index (χ0v) is 14.2. The summed E-state index contributed by atoms with van der Waals surface area (Å²) in [7, 11) is -1.44. The lowest BCUT2D eigenvalue weighted by Crippen LogP contribution is -2.50. The van der Waals surface area contributed by atoms with Crippen LogP contribution in [0.4, 0.5) is 0 Å². The Morgan fingerprint density at radius 3 is 2.14 bits per heavy atom. The summed E-state index contributed by atoms with van der Waals surface area (Å²) in [6.07, 6.45) is 12.8. The van der Waals surface area contributed by atoms with Crippen LogP contribution < -0.4 is 0 Å². The van der Waals surface area contributed by atoms with Crippen LogP contribution in [0.25, 0.3) is 0 Å². The van der Waals surface area contributed by atoms with Gasteiger partial charge in [0.2, 0.25) is 0 Å². The number of hydrogen-bond donors (Lipinski definition) is 0. The molecule has 2 aliphatic carbocycles. The average molecular weight is 314 g/mol. The SMILES string of the molecule is CN(C1CCCCC1)S(=O)(=O)N1CCCC1C1CCCC1. The normalized spacial score (nSPS) is 30.5. The Morgan fingerprint density at radius 1 is 0.857 bits per heavy atom. The van der Waals surface area contributed by atoms with Crippen LogP contribution in [-0.2, 0) is 10.2 Å². The van der Waals surface area contributed by atoms with E-state index in [2.05, 4.69) is 0 Å². The van der Waals surface area contributed by atoms with E-state index in [1.54, 1.807) is 4.31 Å². The lowest BCUT2D eigenvalue weighted by Gasteiger charge is -2.36. The molecule has 0 amide bonds. The van der Waals surface area contributed by atoms with Crippen LogP contribution in [-0.4, -0.2) is 42.7 Å². The van der Waals surface area contributed by atoms with E-state index in [0.29, 0.717) is 5.92 Å². The second-order valence-corrected chi connectivity index (χ2v) is 9.12. The van der Waals surface area contributed by atoms with Gasteiger partial charge in [-0.25, -0.2) is 0 Å². The fourth-order valence-electron chi connectivity index (χ4n) is 4.66. The van der Waals surface area contributed by atoms with Gasteiger partial charge >= 0.3 is 0 Å². The van der Waals surface area contributed by atoms with E-state index in [1.165, 1.54) is 44.9 Å². The zero-order valence-electron chi connectivity index (χ0n) is 13.3. The maximum absolute atomic E-state index is 13.1. The van der Waals surface area contributed by atoms with Gasteiger partial charge in [-0.1, -0.05) is 32.1 Å². The van der Waals surface area contributed by atoms with Gasteiger partial charge in [-0.15, -0.1) is 0 Å². The Balaban J connectivity index is 1.73. The molecule has 0 radical (unpaired) electrons. The number of hydrogen-bond acceptors (Lipinski definition) is 2. The van der Waals surface area contributed by atoms with Crippen molar-refractivity contribution in [2.45, 2.75) is 82.7 Å². The quantitative estimate of drug-likeness (QED) is 0.800. The van der Waals surface area contributed by atoms with Crippen LogP contribution in [0.1, 0.15) is 70.6 Å². The molecule has 0 aromatic carbocycles. The van der Waals surface area contributed by atoms with Crippen molar-refractivity contribution in [2.24, 2.45) is 5.92 Å². The Kier molecular flexibility index (Phi) is 4.91. The molecule has 3 aliphatic rings. The minimum Gasteiger partial charge on any atom is -0.195 e. The second-order valence-electron chi connectivity index (χ2n) is 7.18. The Bertz CT molecular complexity index is 439. The van der Waals surface area contributed by atoms with Crippen molar-refractivity contribution in [2.75, 3.05) is 13.6 Å². The van der Waals surface area contributed by atoms with E-state index in [4.69, 9.17) is 0 Å². The first-order valence-electron chi connectivity index (χ1n) is 8.85.